The molecule has 1 aliphatic heterocycles. The summed E-state index contributed by atoms with van der Waals surface area (Å²) >= 11 is 0. The Kier molecular flexibility index (Phi) is 3.92. The maximum atomic E-state index is 13.9. The van der Waals surface area contributed by atoms with Crippen LogP contribution in [-0.4, -0.2) is 42.1 Å². The number of rotatable bonds is 3. The largest absolute Gasteiger partial charge is 0.497 e. The van der Waals surface area contributed by atoms with E-state index < -0.39 is 23.6 Å². The molecule has 20 heavy (non-hydrogen) atoms. The van der Waals surface area contributed by atoms with E-state index in [2.05, 4.69) is 0 Å². The fraction of sp³-hybridized carbons (Fsp3) is 0.429. The van der Waals surface area contributed by atoms with Crippen molar-refractivity contribution in [3.63, 3.8) is 0 Å². The average Bonchev–Trinajstić information content (AvgIpc) is 2.80. The SMILES string of the molecule is COc1ccc(C(=O)N2C[C@@H](C)[C@H](C(=O)O)C2)c(F)c1. The lowest BCUT2D eigenvalue weighted by atomic mass is 9.99. The smallest absolute Gasteiger partial charge is 0.308 e. The van der Waals surface area contributed by atoms with Gasteiger partial charge in [0.2, 0.25) is 0 Å². The Morgan fingerprint density at radius 2 is 2.10 bits per heavy atom. The summed E-state index contributed by atoms with van der Waals surface area (Å²) in [4.78, 5) is 24.7. The van der Waals surface area contributed by atoms with Crippen molar-refractivity contribution in [3.8, 4) is 5.75 Å². The third kappa shape index (κ3) is 2.59. The van der Waals surface area contributed by atoms with Gasteiger partial charge in [0.15, 0.2) is 0 Å². The summed E-state index contributed by atoms with van der Waals surface area (Å²) in [5.74, 6) is -2.49. The summed E-state index contributed by atoms with van der Waals surface area (Å²) in [6.07, 6.45) is 0. The van der Waals surface area contributed by atoms with Crippen LogP contribution >= 0.6 is 0 Å². The molecular weight excluding hydrogens is 265 g/mol. The van der Waals surface area contributed by atoms with Gasteiger partial charge in [-0.15, -0.1) is 0 Å². The van der Waals surface area contributed by atoms with E-state index in [1.54, 1.807) is 6.92 Å². The number of nitrogens with zero attached hydrogens (tertiary/aromatic N) is 1. The van der Waals surface area contributed by atoms with Crippen LogP contribution in [0.2, 0.25) is 0 Å². The van der Waals surface area contributed by atoms with Crippen molar-refractivity contribution in [1.82, 2.24) is 4.90 Å². The van der Waals surface area contributed by atoms with Crippen LogP contribution in [0.1, 0.15) is 17.3 Å². The fourth-order valence-corrected chi connectivity index (χ4v) is 2.42. The molecule has 1 heterocycles. The zero-order chi connectivity index (χ0) is 14.9. The van der Waals surface area contributed by atoms with Crippen molar-refractivity contribution in [2.24, 2.45) is 11.8 Å². The third-order valence-electron chi connectivity index (χ3n) is 3.62. The van der Waals surface area contributed by atoms with Crippen molar-refractivity contribution in [2.75, 3.05) is 20.2 Å². The summed E-state index contributed by atoms with van der Waals surface area (Å²) in [6, 6.07) is 4.00. The first-order valence-electron chi connectivity index (χ1n) is 6.29. The molecule has 0 unspecified atom stereocenters. The van der Waals surface area contributed by atoms with E-state index in [1.165, 1.54) is 24.1 Å². The number of hydrogen-bond donors (Lipinski definition) is 1. The molecule has 1 aliphatic rings. The molecule has 0 aromatic heterocycles. The number of halogens is 1. The molecule has 1 amide bonds. The van der Waals surface area contributed by atoms with E-state index in [-0.39, 0.29) is 18.0 Å². The number of aliphatic carboxylic acids is 1. The predicted octanol–water partition coefficient (Wildman–Crippen LogP) is 1.63. The average molecular weight is 281 g/mol. The topological polar surface area (TPSA) is 66.8 Å². The van der Waals surface area contributed by atoms with E-state index >= 15 is 0 Å². The van der Waals surface area contributed by atoms with Gasteiger partial charge in [-0.05, 0) is 18.1 Å². The lowest BCUT2D eigenvalue weighted by molar-refractivity contribution is -0.142. The Balaban J connectivity index is 2.19. The zero-order valence-electron chi connectivity index (χ0n) is 11.3. The Bertz CT molecular complexity index is 546. The second-order valence-electron chi connectivity index (χ2n) is 4.98. The minimum Gasteiger partial charge on any atom is -0.497 e. The first kappa shape index (κ1) is 14.3. The van der Waals surface area contributed by atoms with Crippen molar-refractivity contribution >= 4 is 11.9 Å². The monoisotopic (exact) mass is 281 g/mol. The number of likely N-dealkylation sites (tertiary alicyclic amines) is 1. The van der Waals surface area contributed by atoms with E-state index in [4.69, 9.17) is 9.84 Å². The van der Waals surface area contributed by atoms with Crippen LogP contribution in [-0.2, 0) is 4.79 Å². The number of methoxy groups -OCH3 is 1. The van der Waals surface area contributed by atoms with Gasteiger partial charge < -0.3 is 14.7 Å². The zero-order valence-corrected chi connectivity index (χ0v) is 11.3. The minimum atomic E-state index is -0.928. The van der Waals surface area contributed by atoms with Crippen LogP contribution in [0, 0.1) is 17.7 Å². The highest BCUT2D eigenvalue weighted by Gasteiger charge is 2.37. The highest BCUT2D eigenvalue weighted by molar-refractivity contribution is 5.95. The van der Waals surface area contributed by atoms with Crippen LogP contribution in [0.4, 0.5) is 4.39 Å². The number of benzene rings is 1. The standard InChI is InChI=1S/C14H16FNO4/c1-8-6-16(7-11(8)14(18)19)13(17)10-4-3-9(20-2)5-12(10)15/h3-5,8,11H,6-7H2,1-2H3,(H,18,19)/t8-,11-/m1/s1. The molecule has 0 saturated carbocycles. The number of carbonyl (C=O) groups is 2. The van der Waals surface area contributed by atoms with E-state index in [0.717, 1.165) is 6.07 Å². The Morgan fingerprint density at radius 1 is 1.40 bits per heavy atom. The number of amides is 1. The van der Waals surface area contributed by atoms with Crippen molar-refractivity contribution in [3.05, 3.63) is 29.6 Å². The van der Waals surface area contributed by atoms with Gasteiger partial charge >= 0.3 is 5.97 Å². The van der Waals surface area contributed by atoms with E-state index in [1.807, 2.05) is 0 Å². The maximum Gasteiger partial charge on any atom is 0.308 e. The highest BCUT2D eigenvalue weighted by atomic mass is 19.1. The van der Waals surface area contributed by atoms with Crippen LogP contribution in [0.5, 0.6) is 5.75 Å². The van der Waals surface area contributed by atoms with Gasteiger partial charge in [0.1, 0.15) is 11.6 Å². The van der Waals surface area contributed by atoms with Crippen LogP contribution in [0.25, 0.3) is 0 Å². The summed E-state index contributed by atoms with van der Waals surface area (Å²) in [6.45, 7) is 2.21. The van der Waals surface area contributed by atoms with Crippen LogP contribution < -0.4 is 4.74 Å². The molecule has 1 aromatic carbocycles. The number of carboxylic acids is 1. The molecule has 1 N–H and O–H groups in total. The summed E-state index contributed by atoms with van der Waals surface area (Å²) in [5, 5.41) is 9.05. The van der Waals surface area contributed by atoms with Crippen molar-refractivity contribution in [2.45, 2.75) is 6.92 Å². The van der Waals surface area contributed by atoms with Gasteiger partial charge in [0, 0.05) is 19.2 Å². The molecule has 0 aliphatic carbocycles. The number of ether oxygens (including phenoxy) is 1. The van der Waals surface area contributed by atoms with Crippen molar-refractivity contribution in [1.29, 1.82) is 0 Å². The minimum absolute atomic E-state index is 0.0657. The molecule has 2 atom stereocenters. The third-order valence-corrected chi connectivity index (χ3v) is 3.62. The van der Waals surface area contributed by atoms with Crippen molar-refractivity contribution < 1.29 is 23.8 Å². The lowest BCUT2D eigenvalue weighted by Gasteiger charge is -2.16. The maximum absolute atomic E-state index is 13.9. The predicted molar refractivity (Wildman–Crippen MR) is 69.1 cm³/mol. The Labute approximate surface area is 116 Å². The molecule has 1 fully saturated rings. The first-order chi connectivity index (χ1) is 9.43. The van der Waals surface area contributed by atoms with Gasteiger partial charge in [0.05, 0.1) is 18.6 Å². The van der Waals surface area contributed by atoms with Crippen LogP contribution in [0.15, 0.2) is 18.2 Å². The summed E-state index contributed by atoms with van der Waals surface area (Å²) in [7, 11) is 1.41. The molecule has 2 rings (SSSR count). The van der Waals surface area contributed by atoms with Gasteiger partial charge in [-0.1, -0.05) is 6.92 Å². The first-order valence-corrected chi connectivity index (χ1v) is 6.29. The number of carboxylic acid groups (broad SMARTS) is 1. The molecule has 0 spiro atoms. The number of hydrogen-bond acceptors (Lipinski definition) is 3. The summed E-state index contributed by atoms with van der Waals surface area (Å²) in [5.41, 5.74) is -0.0657. The van der Waals surface area contributed by atoms with Crippen LogP contribution in [0.3, 0.4) is 0 Å². The normalized spacial score (nSPS) is 21.9. The van der Waals surface area contributed by atoms with Gasteiger partial charge in [-0.25, -0.2) is 4.39 Å². The molecular formula is C14H16FNO4. The molecule has 6 heteroatoms. The highest BCUT2D eigenvalue weighted by Crippen LogP contribution is 2.26. The molecule has 1 aromatic rings. The fourth-order valence-electron chi connectivity index (χ4n) is 2.42. The molecule has 0 radical (unpaired) electrons. The Morgan fingerprint density at radius 3 is 2.60 bits per heavy atom. The molecule has 5 nitrogen and oxygen atoms in total. The Hall–Kier alpha value is -2.11. The summed E-state index contributed by atoms with van der Waals surface area (Å²) < 4.78 is 18.7. The quantitative estimate of drug-likeness (QED) is 0.914. The lowest BCUT2D eigenvalue weighted by Crippen LogP contribution is -2.30. The van der Waals surface area contributed by atoms with E-state index in [0.29, 0.717) is 12.3 Å². The van der Waals surface area contributed by atoms with Gasteiger partial charge in [0.25, 0.3) is 5.91 Å². The second kappa shape index (κ2) is 5.48. The van der Waals surface area contributed by atoms with Gasteiger partial charge in [-0.2, -0.15) is 0 Å². The van der Waals surface area contributed by atoms with E-state index in [9.17, 15) is 14.0 Å². The molecule has 108 valence electrons. The number of carbonyl (C=O) groups excluding carboxylic acids is 1. The molecule has 0 bridgehead atoms. The molecule has 1 saturated heterocycles. The second-order valence-corrected chi connectivity index (χ2v) is 4.98. The van der Waals surface area contributed by atoms with Gasteiger partial charge in [-0.3, -0.25) is 9.59 Å².